The summed E-state index contributed by atoms with van der Waals surface area (Å²) < 4.78 is 28.8. The Hall–Kier alpha value is 0.350. The fourth-order valence-corrected chi connectivity index (χ4v) is 3.96. The first kappa shape index (κ1) is 17.4. The van der Waals surface area contributed by atoms with Crippen molar-refractivity contribution in [3.8, 4) is 0 Å². The van der Waals surface area contributed by atoms with Crippen LogP contribution in [0.1, 0.15) is 46.5 Å². The van der Waals surface area contributed by atoms with Gasteiger partial charge < -0.3 is 0 Å². The van der Waals surface area contributed by atoms with Gasteiger partial charge in [0.15, 0.2) is 0 Å². The monoisotopic (exact) mass is 354 g/mol. The van der Waals surface area contributed by atoms with Crippen LogP contribution in [0.25, 0.3) is 0 Å². The van der Waals surface area contributed by atoms with Crippen LogP contribution in [0.15, 0.2) is 0 Å². The third kappa shape index (κ3) is 6.10. The van der Waals surface area contributed by atoms with Crippen LogP contribution >= 0.6 is 15.9 Å². The third-order valence-corrected chi connectivity index (χ3v) is 5.92. The minimum atomic E-state index is -3.29. The first-order valence-corrected chi connectivity index (χ1v) is 9.64. The van der Waals surface area contributed by atoms with Crippen molar-refractivity contribution in [1.82, 2.24) is 9.03 Å². The molecule has 6 heteroatoms. The zero-order valence-electron chi connectivity index (χ0n) is 12.3. The molecular weight excluding hydrogens is 328 g/mol. The van der Waals surface area contributed by atoms with E-state index in [0.29, 0.717) is 25.6 Å². The van der Waals surface area contributed by atoms with Gasteiger partial charge in [0.1, 0.15) is 0 Å². The summed E-state index contributed by atoms with van der Waals surface area (Å²) in [5, 5.41) is 0.965. The van der Waals surface area contributed by atoms with E-state index in [-0.39, 0.29) is 5.41 Å². The normalized spacial score (nSPS) is 19.8. The Morgan fingerprint density at radius 3 is 2.42 bits per heavy atom. The fourth-order valence-electron chi connectivity index (χ4n) is 2.24. The highest BCUT2D eigenvalue weighted by molar-refractivity contribution is 9.09. The van der Waals surface area contributed by atoms with Gasteiger partial charge in [0.2, 0.25) is 0 Å². The molecule has 1 fully saturated rings. The molecule has 0 atom stereocenters. The first-order chi connectivity index (χ1) is 8.77. The molecule has 0 aromatic heterocycles. The number of nitrogens with zero attached hydrogens (tertiary/aromatic N) is 1. The van der Waals surface area contributed by atoms with Gasteiger partial charge in [-0.25, -0.2) is 4.72 Å². The molecule has 0 aromatic rings. The van der Waals surface area contributed by atoms with Gasteiger partial charge >= 0.3 is 0 Å². The van der Waals surface area contributed by atoms with E-state index in [2.05, 4.69) is 41.4 Å². The molecule has 0 aliphatic carbocycles. The molecule has 0 unspecified atom stereocenters. The number of halogens is 1. The lowest BCUT2D eigenvalue weighted by atomic mass is 9.88. The van der Waals surface area contributed by atoms with Gasteiger partial charge in [-0.2, -0.15) is 12.7 Å². The van der Waals surface area contributed by atoms with Crippen LogP contribution in [0.2, 0.25) is 0 Å². The number of piperidine rings is 1. The van der Waals surface area contributed by atoms with Crippen molar-refractivity contribution in [2.75, 3.05) is 25.0 Å². The van der Waals surface area contributed by atoms with Gasteiger partial charge in [-0.15, -0.1) is 0 Å². The largest absolute Gasteiger partial charge is 0.279 e. The second-order valence-electron chi connectivity index (χ2n) is 6.36. The molecule has 114 valence electrons. The molecule has 1 aliphatic heterocycles. The molecule has 0 aromatic carbocycles. The van der Waals surface area contributed by atoms with Crippen molar-refractivity contribution < 1.29 is 8.42 Å². The van der Waals surface area contributed by atoms with E-state index in [1.807, 2.05) is 0 Å². The maximum atomic E-state index is 12.2. The molecule has 0 bridgehead atoms. The van der Waals surface area contributed by atoms with Gasteiger partial charge in [0.05, 0.1) is 0 Å². The van der Waals surface area contributed by atoms with E-state index in [1.54, 1.807) is 4.31 Å². The van der Waals surface area contributed by atoms with Crippen molar-refractivity contribution in [1.29, 1.82) is 0 Å². The molecular formula is C13H27BrN2O2S. The highest BCUT2D eigenvalue weighted by Gasteiger charge is 2.28. The Bertz CT molecular complexity index is 363. The first-order valence-electron chi connectivity index (χ1n) is 7.07. The van der Waals surface area contributed by atoms with Gasteiger partial charge in [-0.05, 0) is 37.0 Å². The Balaban J connectivity index is 2.46. The summed E-state index contributed by atoms with van der Waals surface area (Å²) in [4.78, 5) is 0. The van der Waals surface area contributed by atoms with Crippen LogP contribution < -0.4 is 4.72 Å². The van der Waals surface area contributed by atoms with E-state index < -0.39 is 10.2 Å². The summed E-state index contributed by atoms with van der Waals surface area (Å²) >= 11 is 3.41. The van der Waals surface area contributed by atoms with Gasteiger partial charge in [0, 0.05) is 25.0 Å². The van der Waals surface area contributed by atoms with Crippen LogP contribution in [0.4, 0.5) is 0 Å². The predicted octanol–water partition coefficient (Wildman–Crippen LogP) is 2.75. The molecule has 0 spiro atoms. The summed E-state index contributed by atoms with van der Waals surface area (Å²) in [6, 6.07) is 0. The van der Waals surface area contributed by atoms with Crippen LogP contribution in [-0.2, 0) is 10.2 Å². The average molecular weight is 355 g/mol. The van der Waals surface area contributed by atoms with Crippen molar-refractivity contribution >= 4 is 26.1 Å². The smallest absolute Gasteiger partial charge is 0.202 e. The Labute approximate surface area is 126 Å². The summed E-state index contributed by atoms with van der Waals surface area (Å²) in [5.41, 5.74) is 0.00389. The van der Waals surface area contributed by atoms with E-state index in [4.69, 9.17) is 0 Å². The van der Waals surface area contributed by atoms with E-state index in [1.165, 1.54) is 0 Å². The van der Waals surface area contributed by atoms with Crippen molar-refractivity contribution in [3.63, 3.8) is 0 Å². The van der Waals surface area contributed by atoms with Crippen molar-refractivity contribution in [3.05, 3.63) is 0 Å². The van der Waals surface area contributed by atoms with Gasteiger partial charge in [-0.3, -0.25) is 0 Å². The van der Waals surface area contributed by atoms with Gasteiger partial charge in [-0.1, -0.05) is 36.7 Å². The predicted molar refractivity (Wildman–Crippen MR) is 83.7 cm³/mol. The van der Waals surface area contributed by atoms with Crippen LogP contribution in [0, 0.1) is 11.3 Å². The molecule has 0 amide bonds. The quantitative estimate of drug-likeness (QED) is 0.714. The Morgan fingerprint density at radius 1 is 1.32 bits per heavy atom. The van der Waals surface area contributed by atoms with E-state index >= 15 is 0 Å². The lowest BCUT2D eigenvalue weighted by molar-refractivity contribution is 0.278. The second-order valence-corrected chi connectivity index (χ2v) is 8.91. The number of hydrogen-bond donors (Lipinski definition) is 1. The van der Waals surface area contributed by atoms with Crippen LogP contribution in [-0.4, -0.2) is 37.7 Å². The van der Waals surface area contributed by atoms with E-state index in [9.17, 15) is 8.42 Å². The summed E-state index contributed by atoms with van der Waals surface area (Å²) in [6.07, 6.45) is 4.01. The molecule has 0 radical (unpaired) electrons. The molecule has 4 nitrogen and oxygen atoms in total. The number of hydrogen-bond acceptors (Lipinski definition) is 2. The topological polar surface area (TPSA) is 49.4 Å². The Morgan fingerprint density at radius 2 is 1.89 bits per heavy atom. The maximum Gasteiger partial charge on any atom is 0.279 e. The van der Waals surface area contributed by atoms with Crippen LogP contribution in [0.3, 0.4) is 0 Å². The highest BCUT2D eigenvalue weighted by Crippen LogP contribution is 2.23. The lowest BCUT2D eigenvalue weighted by Crippen LogP contribution is -2.47. The van der Waals surface area contributed by atoms with Crippen molar-refractivity contribution in [2.45, 2.75) is 46.5 Å². The number of nitrogens with one attached hydrogen (secondary N) is 1. The molecule has 1 N–H and O–H groups in total. The zero-order valence-corrected chi connectivity index (χ0v) is 14.7. The number of alkyl halides is 1. The fraction of sp³-hybridized carbons (Fsp3) is 1.00. The highest BCUT2D eigenvalue weighted by atomic mass is 79.9. The van der Waals surface area contributed by atoms with Crippen molar-refractivity contribution in [2.24, 2.45) is 11.3 Å². The van der Waals surface area contributed by atoms with Gasteiger partial charge in [0.25, 0.3) is 10.2 Å². The second kappa shape index (κ2) is 7.38. The average Bonchev–Trinajstić information content (AvgIpc) is 2.35. The molecule has 0 saturated carbocycles. The maximum absolute atomic E-state index is 12.2. The summed E-state index contributed by atoms with van der Waals surface area (Å²) in [7, 11) is -3.29. The zero-order chi connectivity index (χ0) is 14.5. The standard InChI is InChI=1S/C13H27BrN2O2S/c1-12-5-9-16(10-6-12)19(17,18)15-11-13(2,3)7-4-8-14/h12,15H,4-11H2,1-3H3. The molecule has 1 rings (SSSR count). The molecule has 1 aliphatic rings. The third-order valence-electron chi connectivity index (χ3n) is 3.80. The molecule has 1 saturated heterocycles. The summed E-state index contributed by atoms with van der Waals surface area (Å²) in [5.74, 6) is 0.641. The summed E-state index contributed by atoms with van der Waals surface area (Å²) in [6.45, 7) is 8.21. The minimum absolute atomic E-state index is 0.00389. The SMILES string of the molecule is CC1CCN(S(=O)(=O)NCC(C)(C)CCCBr)CC1. The number of rotatable bonds is 7. The Kier molecular flexibility index (Phi) is 6.76. The molecule has 19 heavy (non-hydrogen) atoms. The lowest BCUT2D eigenvalue weighted by Gasteiger charge is -2.31. The van der Waals surface area contributed by atoms with Crippen LogP contribution in [0.5, 0.6) is 0 Å². The van der Waals surface area contributed by atoms with E-state index in [0.717, 1.165) is 31.0 Å². The minimum Gasteiger partial charge on any atom is -0.202 e. The molecule has 1 heterocycles.